The van der Waals surface area contributed by atoms with E-state index in [2.05, 4.69) is 0 Å². The fourth-order valence-corrected chi connectivity index (χ4v) is 7.09. The van der Waals surface area contributed by atoms with Crippen LogP contribution in [0.3, 0.4) is 0 Å². The summed E-state index contributed by atoms with van der Waals surface area (Å²) in [6.07, 6.45) is -20.4. The molecule has 291 valence electrons. The van der Waals surface area contributed by atoms with Gasteiger partial charge in [-0.05, 0) is 75.5 Å². The molecule has 3 saturated heterocycles. The lowest BCUT2D eigenvalue weighted by Gasteiger charge is -2.47. The summed E-state index contributed by atoms with van der Waals surface area (Å²) >= 11 is 0. The number of rotatable bonds is 12. The minimum atomic E-state index is -1.76. The summed E-state index contributed by atoms with van der Waals surface area (Å²) < 4.78 is 45.8. The summed E-state index contributed by atoms with van der Waals surface area (Å²) in [7, 11) is 0.137. The van der Waals surface area contributed by atoms with E-state index in [9.17, 15) is 40.5 Å². The standard InChI is InChI=1S/C34H55O16Si/c1-13-14(2)16(4)22(17(5)15(13)3)31(42)44-10-20-24(36)25(37)28(40)33(48-20)45-11-21-30(26(38)29(41)32(43-7)49-21)50-34-27(39)23(35)18(6)19(47-34)12-46-51(8)9/h18-21,23-30,32-41H,10-12H2,1-9H3. The second-order valence-corrected chi connectivity index (χ2v) is 16.0. The van der Waals surface area contributed by atoms with Crippen molar-refractivity contribution >= 4 is 15.0 Å². The number of carbonyl (C=O) groups is 1. The monoisotopic (exact) mass is 747 g/mol. The highest BCUT2D eigenvalue weighted by atomic mass is 28.3. The number of esters is 1. The lowest BCUT2D eigenvalue weighted by atomic mass is 9.89. The molecular weight excluding hydrogens is 692 g/mol. The predicted molar refractivity (Wildman–Crippen MR) is 179 cm³/mol. The van der Waals surface area contributed by atoms with Crippen molar-refractivity contribution in [2.75, 3.05) is 26.9 Å². The van der Waals surface area contributed by atoms with E-state index in [0.29, 0.717) is 5.56 Å². The maximum absolute atomic E-state index is 13.2. The molecule has 15 unspecified atom stereocenters. The molecule has 15 atom stereocenters. The lowest BCUT2D eigenvalue weighted by Crippen LogP contribution is -2.64. The zero-order chi connectivity index (χ0) is 38.1. The molecule has 7 N–H and O–H groups in total. The molecule has 1 aromatic carbocycles. The molecule has 0 amide bonds. The molecule has 0 saturated carbocycles. The number of methoxy groups -OCH3 is 1. The number of aliphatic hydroxyl groups excluding tert-OH is 7. The maximum Gasteiger partial charge on any atom is 0.338 e. The summed E-state index contributed by atoms with van der Waals surface area (Å²) in [5.74, 6) is -1.17. The fraction of sp³-hybridized carbons (Fsp3) is 0.794. The van der Waals surface area contributed by atoms with Crippen molar-refractivity contribution in [3.63, 3.8) is 0 Å². The Balaban J connectivity index is 1.47. The van der Waals surface area contributed by atoms with Gasteiger partial charge in [-0.15, -0.1) is 0 Å². The lowest BCUT2D eigenvalue weighted by molar-refractivity contribution is -0.361. The molecule has 3 fully saturated rings. The molecule has 51 heavy (non-hydrogen) atoms. The van der Waals surface area contributed by atoms with Gasteiger partial charge in [0.1, 0.15) is 61.5 Å². The van der Waals surface area contributed by atoms with Gasteiger partial charge in [0.15, 0.2) is 18.9 Å². The average Bonchev–Trinajstić information content (AvgIpc) is 3.10. The van der Waals surface area contributed by atoms with Gasteiger partial charge < -0.3 is 73.3 Å². The first-order valence-electron chi connectivity index (χ1n) is 17.1. The third-order valence-corrected chi connectivity index (χ3v) is 11.2. The summed E-state index contributed by atoms with van der Waals surface area (Å²) in [5.41, 5.74) is 4.85. The molecule has 3 aliphatic rings. The molecule has 0 aliphatic carbocycles. The Hall–Kier alpha value is -1.65. The van der Waals surface area contributed by atoms with Crippen LogP contribution in [0, 0.1) is 40.5 Å². The van der Waals surface area contributed by atoms with E-state index in [0.717, 1.165) is 27.8 Å². The molecule has 0 bridgehead atoms. The van der Waals surface area contributed by atoms with E-state index in [1.807, 2.05) is 47.7 Å². The van der Waals surface area contributed by atoms with Gasteiger partial charge in [0.05, 0.1) is 31.0 Å². The fourth-order valence-electron chi connectivity index (χ4n) is 6.60. The van der Waals surface area contributed by atoms with Crippen molar-refractivity contribution < 1.29 is 78.1 Å². The number of aliphatic hydroxyl groups is 7. The SMILES string of the molecule is COC1OC(COC2OC(COC(=O)c3c(C)c(C)c(C)c(C)c3C)C(O)C(O)C2O)C(OC2OC(CO[Si](C)C)C(C)C(O)C2O)C(O)C1O. The number of benzene rings is 1. The van der Waals surface area contributed by atoms with E-state index in [1.165, 1.54) is 7.11 Å². The molecule has 0 spiro atoms. The largest absolute Gasteiger partial charge is 0.459 e. The minimum Gasteiger partial charge on any atom is -0.459 e. The van der Waals surface area contributed by atoms with Crippen LogP contribution >= 0.6 is 0 Å². The van der Waals surface area contributed by atoms with Crippen LogP contribution in [0.2, 0.25) is 13.1 Å². The second-order valence-electron chi connectivity index (χ2n) is 13.9. The highest BCUT2D eigenvalue weighted by Crippen LogP contribution is 2.33. The first kappa shape index (κ1) is 42.1. The topological polar surface area (TPSA) is 233 Å². The number of hydrogen-bond donors (Lipinski definition) is 7. The van der Waals surface area contributed by atoms with Gasteiger partial charge >= 0.3 is 5.97 Å². The zero-order valence-electron chi connectivity index (χ0n) is 30.6. The van der Waals surface area contributed by atoms with Crippen molar-refractivity contribution in [2.24, 2.45) is 5.92 Å². The van der Waals surface area contributed by atoms with Crippen LogP contribution in [-0.4, -0.2) is 164 Å². The Morgan fingerprint density at radius 1 is 0.627 bits per heavy atom. The normalized spacial score (nSPS) is 39.0. The predicted octanol–water partition coefficient (Wildman–Crippen LogP) is -0.961. The molecular formula is C34H55O16Si. The second kappa shape index (κ2) is 17.7. The molecule has 16 nitrogen and oxygen atoms in total. The van der Waals surface area contributed by atoms with Gasteiger partial charge in [-0.1, -0.05) is 6.92 Å². The van der Waals surface area contributed by atoms with Gasteiger partial charge in [-0.25, -0.2) is 4.79 Å². The van der Waals surface area contributed by atoms with E-state index < -0.39 is 120 Å². The Bertz CT molecular complexity index is 1300. The van der Waals surface area contributed by atoms with E-state index in [4.69, 9.17) is 37.6 Å². The summed E-state index contributed by atoms with van der Waals surface area (Å²) in [6, 6.07) is 0. The van der Waals surface area contributed by atoms with Crippen LogP contribution in [0.25, 0.3) is 0 Å². The molecule has 3 aliphatic heterocycles. The number of ether oxygens (including phenoxy) is 7. The number of hydrogen-bond acceptors (Lipinski definition) is 16. The van der Waals surface area contributed by atoms with Crippen molar-refractivity contribution in [1.82, 2.24) is 0 Å². The van der Waals surface area contributed by atoms with Crippen LogP contribution in [0.15, 0.2) is 0 Å². The van der Waals surface area contributed by atoms with Gasteiger partial charge in [0, 0.05) is 13.0 Å². The Kier molecular flexibility index (Phi) is 14.6. The Labute approximate surface area is 299 Å². The molecule has 1 radical (unpaired) electrons. The van der Waals surface area contributed by atoms with Gasteiger partial charge in [0.2, 0.25) is 9.04 Å². The van der Waals surface area contributed by atoms with Crippen molar-refractivity contribution in [2.45, 2.75) is 141 Å². The van der Waals surface area contributed by atoms with Crippen molar-refractivity contribution in [3.05, 3.63) is 33.4 Å². The van der Waals surface area contributed by atoms with Crippen LogP contribution in [0.4, 0.5) is 0 Å². The third-order valence-electron chi connectivity index (χ3n) is 10.4. The molecule has 4 rings (SSSR count). The van der Waals surface area contributed by atoms with E-state index in [1.54, 1.807) is 6.92 Å². The van der Waals surface area contributed by atoms with Crippen molar-refractivity contribution in [3.8, 4) is 0 Å². The molecule has 3 heterocycles. The summed E-state index contributed by atoms with van der Waals surface area (Å²) in [5, 5.41) is 75.5. The smallest absolute Gasteiger partial charge is 0.338 e. The van der Waals surface area contributed by atoms with Crippen LogP contribution in [0.5, 0.6) is 0 Å². The van der Waals surface area contributed by atoms with Gasteiger partial charge in [-0.3, -0.25) is 0 Å². The van der Waals surface area contributed by atoms with Crippen LogP contribution in [-0.2, 0) is 37.6 Å². The van der Waals surface area contributed by atoms with Crippen LogP contribution < -0.4 is 0 Å². The first-order chi connectivity index (χ1) is 23.9. The minimum absolute atomic E-state index is 0.127. The quantitative estimate of drug-likeness (QED) is 0.101. The third kappa shape index (κ3) is 9.01. The summed E-state index contributed by atoms with van der Waals surface area (Å²) in [6.45, 7) is 14.1. The highest BCUT2D eigenvalue weighted by molar-refractivity contribution is 6.48. The van der Waals surface area contributed by atoms with Gasteiger partial charge in [0.25, 0.3) is 0 Å². The van der Waals surface area contributed by atoms with E-state index >= 15 is 0 Å². The Morgan fingerprint density at radius 3 is 1.75 bits per heavy atom. The first-order valence-corrected chi connectivity index (χ1v) is 19.5. The molecule has 17 heteroatoms. The highest BCUT2D eigenvalue weighted by Gasteiger charge is 2.51. The summed E-state index contributed by atoms with van der Waals surface area (Å²) in [4.78, 5) is 13.2. The van der Waals surface area contributed by atoms with Crippen molar-refractivity contribution in [1.29, 1.82) is 0 Å². The van der Waals surface area contributed by atoms with Crippen LogP contribution in [0.1, 0.15) is 45.1 Å². The maximum atomic E-state index is 13.2. The average molecular weight is 748 g/mol. The zero-order valence-corrected chi connectivity index (χ0v) is 31.6. The van der Waals surface area contributed by atoms with Gasteiger partial charge in [-0.2, -0.15) is 0 Å². The van der Waals surface area contributed by atoms with E-state index in [-0.39, 0.29) is 6.61 Å². The number of carbonyl (C=O) groups excluding carboxylic acids is 1. The molecule has 1 aromatic rings. The Morgan fingerprint density at radius 2 is 1.16 bits per heavy atom. The molecule has 0 aromatic heterocycles.